The van der Waals surface area contributed by atoms with E-state index in [0.29, 0.717) is 12.2 Å². The largest absolute Gasteiger partial charge is 0.488 e. The van der Waals surface area contributed by atoms with E-state index in [1.807, 2.05) is 31.2 Å². The first-order valence-electron chi connectivity index (χ1n) is 7.82. The van der Waals surface area contributed by atoms with Crippen LogP contribution in [0, 0.1) is 12.8 Å². The number of H-pyrrole nitrogens is 1. The fourth-order valence-corrected chi connectivity index (χ4v) is 2.87. The van der Waals surface area contributed by atoms with E-state index in [4.69, 9.17) is 4.74 Å². The molecular weight excluding hydrogens is 294 g/mol. The Hall–Kier alpha value is -2.34. The molecule has 1 heterocycles. The number of aromatic amines is 1. The molecule has 6 nitrogen and oxygen atoms in total. The van der Waals surface area contributed by atoms with Crippen LogP contribution in [0.1, 0.15) is 28.9 Å². The molecule has 1 aromatic heterocycles. The zero-order valence-electron chi connectivity index (χ0n) is 13.0. The van der Waals surface area contributed by atoms with Crippen molar-refractivity contribution < 1.29 is 14.6 Å². The van der Waals surface area contributed by atoms with Gasteiger partial charge in [0.15, 0.2) is 0 Å². The number of rotatable bonds is 5. The predicted molar refractivity (Wildman–Crippen MR) is 85.2 cm³/mol. The SMILES string of the molecule is Cc1ccc(O[C@@H]2CC[C@H](CNC(=O)c3ccn[nH]3)[C@H]2O)cc1. The molecule has 1 amide bonds. The second-order valence-corrected chi connectivity index (χ2v) is 5.98. The highest BCUT2D eigenvalue weighted by Gasteiger charge is 2.36. The second kappa shape index (κ2) is 6.83. The van der Waals surface area contributed by atoms with Crippen LogP contribution in [-0.2, 0) is 0 Å². The van der Waals surface area contributed by atoms with Crippen molar-refractivity contribution in [2.24, 2.45) is 5.92 Å². The van der Waals surface area contributed by atoms with Gasteiger partial charge in [0.25, 0.3) is 5.91 Å². The van der Waals surface area contributed by atoms with Crippen LogP contribution in [0.2, 0.25) is 0 Å². The summed E-state index contributed by atoms with van der Waals surface area (Å²) in [7, 11) is 0. The lowest BCUT2D eigenvalue weighted by Gasteiger charge is -2.21. The van der Waals surface area contributed by atoms with E-state index < -0.39 is 6.10 Å². The molecule has 0 aliphatic heterocycles. The Kier molecular flexibility index (Phi) is 4.62. The molecule has 0 unspecified atom stereocenters. The topological polar surface area (TPSA) is 87.2 Å². The molecular formula is C17H21N3O3. The Morgan fingerprint density at radius 3 is 2.83 bits per heavy atom. The molecule has 3 atom stereocenters. The van der Waals surface area contributed by atoms with Crippen molar-refractivity contribution in [2.75, 3.05) is 6.54 Å². The molecule has 2 aromatic rings. The minimum absolute atomic E-state index is 0.00248. The molecule has 122 valence electrons. The average Bonchev–Trinajstić information content (AvgIpc) is 3.19. The lowest BCUT2D eigenvalue weighted by molar-refractivity contribution is 0.0348. The zero-order valence-corrected chi connectivity index (χ0v) is 13.0. The standard InChI is InChI=1S/C17H21N3O3/c1-11-2-5-13(6-3-11)23-15-7-4-12(16(15)21)10-18-17(22)14-8-9-19-20-14/h2-3,5-6,8-9,12,15-16,21H,4,7,10H2,1H3,(H,18,22)(H,19,20)/t12-,15-,16-/m1/s1. The molecule has 0 spiro atoms. The van der Waals surface area contributed by atoms with Crippen LogP contribution < -0.4 is 10.1 Å². The molecule has 1 aliphatic rings. The highest BCUT2D eigenvalue weighted by atomic mass is 16.5. The lowest BCUT2D eigenvalue weighted by atomic mass is 10.1. The van der Waals surface area contributed by atoms with Crippen LogP contribution in [0.5, 0.6) is 5.75 Å². The third-order valence-corrected chi connectivity index (χ3v) is 4.26. The summed E-state index contributed by atoms with van der Waals surface area (Å²) >= 11 is 0. The number of nitrogens with one attached hydrogen (secondary N) is 2. The fourth-order valence-electron chi connectivity index (χ4n) is 2.87. The Labute approximate surface area is 134 Å². The maximum atomic E-state index is 11.9. The zero-order chi connectivity index (χ0) is 16.2. The first kappa shape index (κ1) is 15.6. The summed E-state index contributed by atoms with van der Waals surface area (Å²) < 4.78 is 5.87. The summed E-state index contributed by atoms with van der Waals surface area (Å²) in [5.74, 6) is 0.553. The van der Waals surface area contributed by atoms with Gasteiger partial charge in [0.1, 0.15) is 17.5 Å². The number of nitrogens with zero attached hydrogens (tertiary/aromatic N) is 1. The van der Waals surface area contributed by atoms with Crippen LogP contribution in [0.4, 0.5) is 0 Å². The Balaban J connectivity index is 1.51. The number of aliphatic hydroxyl groups excluding tert-OH is 1. The normalized spacial score (nSPS) is 23.7. The van der Waals surface area contributed by atoms with E-state index in [9.17, 15) is 9.90 Å². The van der Waals surface area contributed by atoms with E-state index in [0.717, 1.165) is 18.6 Å². The lowest BCUT2D eigenvalue weighted by Crippen LogP contribution is -2.37. The summed E-state index contributed by atoms with van der Waals surface area (Å²) in [4.78, 5) is 11.9. The second-order valence-electron chi connectivity index (χ2n) is 5.98. The van der Waals surface area contributed by atoms with Gasteiger partial charge in [0, 0.05) is 18.7 Å². The van der Waals surface area contributed by atoms with Gasteiger partial charge < -0.3 is 15.2 Å². The molecule has 0 radical (unpaired) electrons. The summed E-state index contributed by atoms with van der Waals surface area (Å²) in [6.07, 6.45) is 2.32. The maximum absolute atomic E-state index is 11.9. The Morgan fingerprint density at radius 2 is 2.13 bits per heavy atom. The summed E-state index contributed by atoms with van der Waals surface area (Å²) in [5.41, 5.74) is 1.59. The number of carbonyl (C=O) groups excluding carboxylic acids is 1. The van der Waals surface area contributed by atoms with Crippen molar-refractivity contribution in [3.8, 4) is 5.75 Å². The molecule has 1 aliphatic carbocycles. The van der Waals surface area contributed by atoms with Crippen molar-refractivity contribution >= 4 is 5.91 Å². The number of benzene rings is 1. The summed E-state index contributed by atoms with van der Waals surface area (Å²) in [6, 6.07) is 9.41. The maximum Gasteiger partial charge on any atom is 0.269 e. The number of aliphatic hydroxyl groups is 1. The van der Waals surface area contributed by atoms with E-state index in [1.54, 1.807) is 6.07 Å². The first-order chi connectivity index (χ1) is 11.1. The highest BCUT2D eigenvalue weighted by Crippen LogP contribution is 2.29. The van der Waals surface area contributed by atoms with Crippen molar-refractivity contribution in [2.45, 2.75) is 32.0 Å². The Bertz CT molecular complexity index is 640. The minimum atomic E-state index is -0.585. The number of hydrogen-bond donors (Lipinski definition) is 3. The van der Waals surface area contributed by atoms with E-state index in [2.05, 4.69) is 15.5 Å². The van der Waals surface area contributed by atoms with Crippen LogP contribution in [-0.4, -0.2) is 40.0 Å². The number of hydrogen-bond acceptors (Lipinski definition) is 4. The van der Waals surface area contributed by atoms with Crippen molar-refractivity contribution in [3.05, 3.63) is 47.8 Å². The molecule has 0 bridgehead atoms. The van der Waals surface area contributed by atoms with Gasteiger partial charge in [-0.3, -0.25) is 9.89 Å². The van der Waals surface area contributed by atoms with Crippen LogP contribution in [0.15, 0.2) is 36.5 Å². The minimum Gasteiger partial charge on any atom is -0.488 e. The van der Waals surface area contributed by atoms with E-state index >= 15 is 0 Å². The predicted octanol–water partition coefficient (Wildman–Crippen LogP) is 1.67. The quantitative estimate of drug-likeness (QED) is 0.783. The summed E-state index contributed by atoms with van der Waals surface area (Å²) in [5, 5.41) is 19.6. The van der Waals surface area contributed by atoms with Crippen molar-refractivity contribution in [1.29, 1.82) is 0 Å². The first-order valence-corrected chi connectivity index (χ1v) is 7.82. The number of aromatic nitrogens is 2. The molecule has 6 heteroatoms. The van der Waals surface area contributed by atoms with E-state index in [1.165, 1.54) is 11.8 Å². The molecule has 3 N–H and O–H groups in total. The average molecular weight is 315 g/mol. The molecule has 3 rings (SSSR count). The highest BCUT2D eigenvalue weighted by molar-refractivity contribution is 5.92. The molecule has 23 heavy (non-hydrogen) atoms. The van der Waals surface area contributed by atoms with Gasteiger partial charge in [-0.15, -0.1) is 0 Å². The van der Waals surface area contributed by atoms with Gasteiger partial charge >= 0.3 is 0 Å². The van der Waals surface area contributed by atoms with Crippen LogP contribution >= 0.6 is 0 Å². The Morgan fingerprint density at radius 1 is 1.35 bits per heavy atom. The van der Waals surface area contributed by atoms with Gasteiger partial charge in [0.2, 0.25) is 0 Å². The van der Waals surface area contributed by atoms with Crippen molar-refractivity contribution in [3.63, 3.8) is 0 Å². The monoisotopic (exact) mass is 315 g/mol. The van der Waals surface area contributed by atoms with E-state index in [-0.39, 0.29) is 17.9 Å². The third kappa shape index (κ3) is 3.71. The third-order valence-electron chi connectivity index (χ3n) is 4.26. The van der Waals surface area contributed by atoms with Gasteiger partial charge in [-0.25, -0.2) is 0 Å². The number of ether oxygens (including phenoxy) is 1. The van der Waals surface area contributed by atoms with Crippen molar-refractivity contribution in [1.82, 2.24) is 15.5 Å². The van der Waals surface area contributed by atoms with Gasteiger partial charge in [-0.05, 0) is 38.0 Å². The molecule has 1 aromatic carbocycles. The molecule has 1 saturated carbocycles. The number of carbonyl (C=O) groups is 1. The van der Waals surface area contributed by atoms with Crippen LogP contribution in [0.3, 0.4) is 0 Å². The van der Waals surface area contributed by atoms with Gasteiger partial charge in [-0.1, -0.05) is 17.7 Å². The van der Waals surface area contributed by atoms with Crippen LogP contribution in [0.25, 0.3) is 0 Å². The number of amides is 1. The van der Waals surface area contributed by atoms with Gasteiger partial charge in [-0.2, -0.15) is 5.10 Å². The molecule has 1 fully saturated rings. The van der Waals surface area contributed by atoms with Gasteiger partial charge in [0.05, 0.1) is 6.10 Å². The number of aryl methyl sites for hydroxylation is 1. The summed E-state index contributed by atoms with van der Waals surface area (Å²) in [6.45, 7) is 2.44. The molecule has 0 saturated heterocycles. The fraction of sp³-hybridized carbons (Fsp3) is 0.412. The smallest absolute Gasteiger partial charge is 0.269 e.